The molecule has 22 heavy (non-hydrogen) atoms. The molecule has 0 aliphatic carbocycles. The molecule has 2 N–H and O–H groups in total. The van der Waals surface area contributed by atoms with Crippen LogP contribution in [0.25, 0.3) is 0 Å². The maximum absolute atomic E-state index is 12.3. The molecule has 0 aliphatic rings. The third kappa shape index (κ3) is 7.45. The number of rotatable bonds is 7. The fraction of sp³-hybridized carbons (Fsp3) is 0.500. The largest absolute Gasteiger partial charge is 0.337 e. The van der Waals surface area contributed by atoms with E-state index in [0.717, 1.165) is 11.8 Å². The number of sulfone groups is 1. The van der Waals surface area contributed by atoms with Crippen molar-refractivity contribution in [1.29, 1.82) is 0 Å². The van der Waals surface area contributed by atoms with Crippen molar-refractivity contribution in [2.75, 3.05) is 18.6 Å². The summed E-state index contributed by atoms with van der Waals surface area (Å²) in [6, 6.07) is 6.45. The predicted octanol–water partition coefficient (Wildman–Crippen LogP) is 1.87. The van der Waals surface area contributed by atoms with E-state index in [1.54, 1.807) is 17.0 Å². The zero-order valence-corrected chi connectivity index (χ0v) is 15.0. The van der Waals surface area contributed by atoms with E-state index < -0.39 is 15.9 Å². The van der Waals surface area contributed by atoms with Crippen molar-refractivity contribution >= 4 is 39.8 Å². The molecule has 0 heterocycles. The summed E-state index contributed by atoms with van der Waals surface area (Å²) in [5.41, 5.74) is 6.71. The number of nitrogens with zero attached hydrogens (tertiary/aromatic N) is 1. The first-order valence-corrected chi connectivity index (χ1v) is 9.13. The molecule has 0 aromatic heterocycles. The van der Waals surface area contributed by atoms with Crippen LogP contribution in [0.1, 0.15) is 18.9 Å². The van der Waals surface area contributed by atoms with E-state index in [9.17, 15) is 13.2 Å². The van der Waals surface area contributed by atoms with Crippen molar-refractivity contribution in [3.8, 4) is 0 Å². The van der Waals surface area contributed by atoms with E-state index in [2.05, 4.69) is 0 Å². The predicted molar refractivity (Wildman–Crippen MR) is 92.1 cm³/mol. The normalized spacial score (nSPS) is 12.4. The maximum atomic E-state index is 12.3. The molecule has 0 saturated heterocycles. The van der Waals surface area contributed by atoms with Gasteiger partial charge in [-0.1, -0.05) is 23.7 Å². The van der Waals surface area contributed by atoms with E-state index in [1.165, 1.54) is 0 Å². The molecule has 5 nitrogen and oxygen atoms in total. The van der Waals surface area contributed by atoms with Gasteiger partial charge in [-0.2, -0.15) is 0 Å². The van der Waals surface area contributed by atoms with Crippen molar-refractivity contribution in [2.45, 2.75) is 25.9 Å². The molecular weight excluding hydrogens is 347 g/mol. The molecule has 0 radical (unpaired) electrons. The van der Waals surface area contributed by atoms with E-state index >= 15 is 0 Å². The Morgan fingerprint density at radius 2 is 2.05 bits per heavy atom. The highest BCUT2D eigenvalue weighted by Crippen LogP contribution is 2.13. The highest BCUT2D eigenvalue weighted by Gasteiger charge is 2.21. The summed E-state index contributed by atoms with van der Waals surface area (Å²) in [6.45, 7) is 2.76. The first-order valence-electron chi connectivity index (χ1n) is 6.69. The van der Waals surface area contributed by atoms with Crippen molar-refractivity contribution in [3.63, 3.8) is 0 Å². The number of hydrogen-bond donors (Lipinski definition) is 1. The summed E-state index contributed by atoms with van der Waals surface area (Å²) in [6.07, 6.45) is 1.26. The minimum absolute atomic E-state index is 0. The van der Waals surface area contributed by atoms with Gasteiger partial charge in [0.15, 0.2) is 0 Å². The van der Waals surface area contributed by atoms with Crippen molar-refractivity contribution in [2.24, 2.45) is 5.73 Å². The van der Waals surface area contributed by atoms with Crippen LogP contribution in [0, 0.1) is 0 Å². The van der Waals surface area contributed by atoms with Crippen molar-refractivity contribution in [3.05, 3.63) is 34.9 Å². The molecule has 0 saturated carbocycles. The second-order valence-corrected chi connectivity index (χ2v) is 7.70. The Hall–Kier alpha value is -0.820. The molecule has 1 aromatic rings. The highest BCUT2D eigenvalue weighted by molar-refractivity contribution is 7.90. The van der Waals surface area contributed by atoms with Crippen molar-refractivity contribution in [1.82, 2.24) is 4.90 Å². The molecule has 1 unspecified atom stereocenters. The van der Waals surface area contributed by atoms with Gasteiger partial charge in [0.05, 0.1) is 11.8 Å². The third-order valence-electron chi connectivity index (χ3n) is 3.07. The number of halogens is 2. The number of amides is 1. The number of carbonyl (C=O) groups excluding carboxylic acids is 1. The first-order chi connectivity index (χ1) is 9.73. The summed E-state index contributed by atoms with van der Waals surface area (Å²) in [4.78, 5) is 13.8. The van der Waals surface area contributed by atoms with Crippen LogP contribution in [-0.2, 0) is 21.2 Å². The molecule has 8 heteroatoms. The van der Waals surface area contributed by atoms with Gasteiger partial charge < -0.3 is 10.6 Å². The second-order valence-electron chi connectivity index (χ2n) is 5.01. The summed E-state index contributed by atoms with van der Waals surface area (Å²) in [5, 5.41) is 0.609. The smallest absolute Gasteiger partial charge is 0.239 e. The van der Waals surface area contributed by atoms with Crippen LogP contribution >= 0.6 is 24.0 Å². The van der Waals surface area contributed by atoms with Gasteiger partial charge in [-0.15, -0.1) is 12.4 Å². The zero-order chi connectivity index (χ0) is 16.0. The van der Waals surface area contributed by atoms with Gasteiger partial charge in [-0.3, -0.25) is 4.79 Å². The minimum Gasteiger partial charge on any atom is -0.337 e. The molecule has 1 amide bonds. The summed E-state index contributed by atoms with van der Waals surface area (Å²) < 4.78 is 22.3. The number of nitrogens with two attached hydrogens (primary N) is 1. The lowest BCUT2D eigenvalue weighted by Crippen LogP contribution is -2.44. The Bertz CT molecular complexity index is 594. The van der Waals surface area contributed by atoms with E-state index in [-0.39, 0.29) is 30.5 Å². The van der Waals surface area contributed by atoms with Crippen LogP contribution in [-0.4, -0.2) is 43.8 Å². The van der Waals surface area contributed by atoms with Gasteiger partial charge >= 0.3 is 0 Å². The first kappa shape index (κ1) is 21.2. The van der Waals surface area contributed by atoms with Gasteiger partial charge in [0.25, 0.3) is 0 Å². The summed E-state index contributed by atoms with van der Waals surface area (Å²) >= 11 is 5.92. The van der Waals surface area contributed by atoms with Crippen LogP contribution in [0.5, 0.6) is 0 Å². The Labute approximate surface area is 143 Å². The number of likely N-dealkylation sites (N-methyl/N-ethyl adjacent to an activating group) is 1. The third-order valence-corrected chi connectivity index (χ3v) is 4.29. The summed E-state index contributed by atoms with van der Waals surface area (Å²) in [5.74, 6) is -0.338. The molecule has 0 aliphatic heterocycles. The van der Waals surface area contributed by atoms with E-state index in [1.807, 2.05) is 19.1 Å². The Kier molecular flexibility index (Phi) is 9.00. The fourth-order valence-corrected chi connectivity index (χ4v) is 2.80. The molecule has 0 bridgehead atoms. The van der Waals surface area contributed by atoms with Crippen molar-refractivity contribution < 1.29 is 13.2 Å². The topological polar surface area (TPSA) is 80.5 Å². The van der Waals surface area contributed by atoms with Gasteiger partial charge in [-0.05, 0) is 31.0 Å². The molecule has 0 spiro atoms. The fourth-order valence-electron chi connectivity index (χ4n) is 1.90. The summed E-state index contributed by atoms with van der Waals surface area (Å²) in [7, 11) is -3.12. The number of hydrogen-bond acceptors (Lipinski definition) is 4. The maximum Gasteiger partial charge on any atom is 0.239 e. The molecule has 1 aromatic carbocycles. The Balaban J connectivity index is 0.00000441. The minimum atomic E-state index is -3.12. The van der Waals surface area contributed by atoms with Crippen LogP contribution in [0.3, 0.4) is 0 Å². The van der Waals surface area contributed by atoms with Gasteiger partial charge in [-0.25, -0.2) is 8.42 Å². The van der Waals surface area contributed by atoms with Gasteiger partial charge in [0.2, 0.25) is 5.91 Å². The average Bonchev–Trinajstić information content (AvgIpc) is 2.40. The van der Waals surface area contributed by atoms with Crippen LogP contribution in [0.15, 0.2) is 24.3 Å². The van der Waals surface area contributed by atoms with Crippen LogP contribution in [0.2, 0.25) is 5.02 Å². The SMILES string of the molecule is CCN(Cc1cccc(Cl)c1)C(=O)C(N)CCS(C)(=O)=O.Cl. The van der Waals surface area contributed by atoms with Gasteiger partial charge in [0.1, 0.15) is 9.84 Å². The number of carbonyl (C=O) groups is 1. The zero-order valence-electron chi connectivity index (χ0n) is 12.7. The second kappa shape index (κ2) is 9.35. The average molecular weight is 369 g/mol. The molecule has 0 fully saturated rings. The lowest BCUT2D eigenvalue weighted by Gasteiger charge is -2.24. The Morgan fingerprint density at radius 3 is 2.55 bits per heavy atom. The molecule has 1 rings (SSSR count). The van der Waals surface area contributed by atoms with E-state index in [4.69, 9.17) is 17.3 Å². The monoisotopic (exact) mass is 368 g/mol. The highest BCUT2D eigenvalue weighted by atomic mass is 35.5. The van der Waals surface area contributed by atoms with Gasteiger partial charge in [0, 0.05) is 24.4 Å². The van der Waals surface area contributed by atoms with Crippen LogP contribution in [0.4, 0.5) is 0 Å². The molecule has 126 valence electrons. The lowest BCUT2D eigenvalue weighted by atomic mass is 10.1. The standard InChI is InChI=1S/C14H21ClN2O3S.ClH/c1-3-17(10-11-5-4-6-12(15)9-11)14(18)13(16)7-8-21(2,19)20;/h4-6,9,13H,3,7-8,10,16H2,1-2H3;1H. The molecule has 1 atom stereocenters. The quantitative estimate of drug-likeness (QED) is 0.796. The molecular formula is C14H22Cl2N2O3S. The van der Waals surface area contributed by atoms with E-state index in [0.29, 0.717) is 18.1 Å². The number of benzene rings is 1. The Morgan fingerprint density at radius 1 is 1.41 bits per heavy atom. The van der Waals surface area contributed by atoms with Crippen LogP contribution < -0.4 is 5.73 Å². The lowest BCUT2D eigenvalue weighted by molar-refractivity contribution is -0.133.